The molecule has 0 aromatic carbocycles. The Balaban J connectivity index is 2.50. The average molecular weight is 280 g/mol. The molecule has 0 aromatic rings. The van der Waals surface area contributed by atoms with Crippen molar-refractivity contribution in [3.63, 3.8) is 0 Å². The Morgan fingerprint density at radius 3 is 2.55 bits per heavy atom. The fraction of sp³-hybridized carbons (Fsp3) is 0.688. The number of aliphatic hydroxyl groups excluding tert-OH is 1. The molecule has 0 unspecified atom stereocenters. The van der Waals surface area contributed by atoms with E-state index in [4.69, 9.17) is 4.74 Å². The molecule has 0 bridgehead atoms. The summed E-state index contributed by atoms with van der Waals surface area (Å²) < 4.78 is 5.36. The van der Waals surface area contributed by atoms with Crippen LogP contribution in [0.25, 0.3) is 0 Å². The van der Waals surface area contributed by atoms with E-state index in [0.29, 0.717) is 12.0 Å². The number of ketones is 1. The summed E-state index contributed by atoms with van der Waals surface area (Å²) in [6, 6.07) is 0. The number of rotatable bonds is 2. The van der Waals surface area contributed by atoms with Crippen molar-refractivity contribution < 1.29 is 19.7 Å². The van der Waals surface area contributed by atoms with E-state index >= 15 is 0 Å². The second-order valence-corrected chi connectivity index (χ2v) is 6.62. The van der Waals surface area contributed by atoms with E-state index in [1.165, 1.54) is 0 Å². The maximum absolute atomic E-state index is 12.5. The van der Waals surface area contributed by atoms with Crippen LogP contribution in [0.1, 0.15) is 33.6 Å². The first-order valence-electron chi connectivity index (χ1n) is 7.03. The molecule has 0 amide bonds. The van der Waals surface area contributed by atoms with Crippen molar-refractivity contribution in [1.29, 1.82) is 0 Å². The van der Waals surface area contributed by atoms with E-state index in [0.717, 1.165) is 5.57 Å². The molecular weight excluding hydrogens is 256 g/mol. The zero-order chi connectivity index (χ0) is 15.1. The lowest BCUT2D eigenvalue weighted by molar-refractivity contribution is -0.195. The molecule has 0 spiro atoms. The lowest BCUT2D eigenvalue weighted by Gasteiger charge is -2.58. The van der Waals surface area contributed by atoms with Gasteiger partial charge in [0.25, 0.3) is 0 Å². The molecule has 0 saturated heterocycles. The Hall–Kier alpha value is -0.970. The van der Waals surface area contributed by atoms with Gasteiger partial charge in [0.15, 0.2) is 5.78 Å². The lowest BCUT2D eigenvalue weighted by Crippen LogP contribution is -2.66. The van der Waals surface area contributed by atoms with Gasteiger partial charge in [-0.15, -0.1) is 0 Å². The second-order valence-electron chi connectivity index (χ2n) is 6.62. The maximum Gasteiger partial charge on any atom is 0.169 e. The number of allylic oxidation sites excluding steroid dienone is 1. The Bertz CT molecular complexity index is 475. The normalized spacial score (nSPS) is 42.0. The summed E-state index contributed by atoms with van der Waals surface area (Å²) in [6.07, 6.45) is 4.35. The zero-order valence-corrected chi connectivity index (χ0v) is 12.6. The number of aliphatic hydroxyl groups is 2. The minimum Gasteiger partial charge on any atom is -0.392 e. The summed E-state index contributed by atoms with van der Waals surface area (Å²) in [7, 11) is 1.59. The highest BCUT2D eigenvalue weighted by atomic mass is 16.5. The molecule has 1 fully saturated rings. The largest absolute Gasteiger partial charge is 0.392 e. The van der Waals surface area contributed by atoms with Crippen LogP contribution in [-0.2, 0) is 9.53 Å². The zero-order valence-electron chi connectivity index (χ0n) is 12.6. The van der Waals surface area contributed by atoms with Gasteiger partial charge in [0.05, 0.1) is 12.7 Å². The summed E-state index contributed by atoms with van der Waals surface area (Å²) in [5.74, 6) is -0.476. The quantitative estimate of drug-likeness (QED) is 0.754. The molecule has 4 nitrogen and oxygen atoms in total. The third kappa shape index (κ3) is 2.16. The summed E-state index contributed by atoms with van der Waals surface area (Å²) in [4.78, 5) is 12.5. The van der Waals surface area contributed by atoms with Crippen molar-refractivity contribution in [3.8, 4) is 0 Å². The number of carbonyl (C=O) groups excluding carboxylic acids is 1. The highest BCUT2D eigenvalue weighted by Gasteiger charge is 2.64. The number of hydrogen-bond acceptors (Lipinski definition) is 4. The van der Waals surface area contributed by atoms with Crippen molar-refractivity contribution >= 4 is 5.78 Å². The van der Waals surface area contributed by atoms with Crippen LogP contribution < -0.4 is 0 Å². The third-order valence-electron chi connectivity index (χ3n) is 4.84. The van der Waals surface area contributed by atoms with Crippen molar-refractivity contribution in [2.24, 2.45) is 11.3 Å². The fourth-order valence-electron chi connectivity index (χ4n) is 3.53. The first kappa shape index (κ1) is 15.4. The van der Waals surface area contributed by atoms with Crippen molar-refractivity contribution in [3.05, 3.63) is 23.3 Å². The molecule has 0 heterocycles. The molecule has 1 saturated carbocycles. The van der Waals surface area contributed by atoms with Gasteiger partial charge < -0.3 is 14.9 Å². The van der Waals surface area contributed by atoms with Crippen LogP contribution in [0, 0.1) is 11.3 Å². The van der Waals surface area contributed by atoms with E-state index in [-0.39, 0.29) is 30.8 Å². The van der Waals surface area contributed by atoms with Crippen molar-refractivity contribution in [2.75, 3.05) is 13.7 Å². The summed E-state index contributed by atoms with van der Waals surface area (Å²) in [5.41, 5.74) is -0.277. The number of hydrogen-bond donors (Lipinski definition) is 2. The first-order valence-corrected chi connectivity index (χ1v) is 7.03. The molecule has 2 rings (SSSR count). The molecule has 2 N–H and O–H groups in total. The van der Waals surface area contributed by atoms with Gasteiger partial charge in [-0.3, -0.25) is 4.79 Å². The van der Waals surface area contributed by atoms with Gasteiger partial charge in [-0.2, -0.15) is 0 Å². The Morgan fingerprint density at radius 1 is 1.40 bits per heavy atom. The standard InChI is InChI=1S/C16H24O4/c1-10-5-12(20-4)7-11(9-17)13-8-15(2,3)16(13,19)14(18)6-10/h5,7,12-13,17,19H,6,8-9H2,1-4H3/b10-5+,11-7-/t12-,13-,16-/m1/s1. The van der Waals surface area contributed by atoms with Crippen LogP contribution in [-0.4, -0.2) is 41.4 Å². The second kappa shape index (κ2) is 5.10. The number of carbonyl (C=O) groups is 1. The molecule has 0 radical (unpaired) electrons. The monoisotopic (exact) mass is 280 g/mol. The van der Waals surface area contributed by atoms with Crippen LogP contribution in [0.15, 0.2) is 23.3 Å². The van der Waals surface area contributed by atoms with Crippen LogP contribution in [0.3, 0.4) is 0 Å². The lowest BCUT2D eigenvalue weighted by atomic mass is 9.48. The van der Waals surface area contributed by atoms with Crippen LogP contribution in [0.5, 0.6) is 0 Å². The Labute approximate surface area is 120 Å². The molecule has 2 aliphatic carbocycles. The van der Waals surface area contributed by atoms with Crippen LogP contribution in [0.2, 0.25) is 0 Å². The van der Waals surface area contributed by atoms with Gasteiger partial charge in [-0.25, -0.2) is 0 Å². The van der Waals surface area contributed by atoms with Crippen LogP contribution >= 0.6 is 0 Å². The minimum absolute atomic E-state index is 0.163. The SMILES string of the molecule is CO[C@@H]1/C=C(\C)CC(=O)[C@]2(O)[C@H](CC2(C)C)/C(CO)=C\1. The fourth-order valence-corrected chi connectivity index (χ4v) is 3.53. The Morgan fingerprint density at radius 2 is 2.05 bits per heavy atom. The predicted octanol–water partition coefficient (Wildman–Crippen LogP) is 1.62. The van der Waals surface area contributed by atoms with Crippen molar-refractivity contribution in [2.45, 2.75) is 45.3 Å². The highest BCUT2D eigenvalue weighted by Crippen LogP contribution is 2.57. The number of fused-ring (bicyclic) bond motifs is 1. The molecule has 2 aliphatic rings. The highest BCUT2D eigenvalue weighted by molar-refractivity contribution is 5.92. The molecule has 0 aliphatic heterocycles. The van der Waals surface area contributed by atoms with Gasteiger partial charge in [0.2, 0.25) is 0 Å². The van der Waals surface area contributed by atoms with E-state index in [2.05, 4.69) is 0 Å². The van der Waals surface area contributed by atoms with Gasteiger partial charge in [-0.05, 0) is 18.9 Å². The van der Waals surface area contributed by atoms with E-state index in [1.54, 1.807) is 7.11 Å². The summed E-state index contributed by atoms with van der Waals surface area (Å²) >= 11 is 0. The van der Waals surface area contributed by atoms with Crippen molar-refractivity contribution in [1.82, 2.24) is 0 Å². The smallest absolute Gasteiger partial charge is 0.169 e. The number of ether oxygens (including phenoxy) is 1. The van der Waals surface area contributed by atoms with Gasteiger partial charge in [0.1, 0.15) is 5.60 Å². The topological polar surface area (TPSA) is 66.8 Å². The first-order chi connectivity index (χ1) is 9.26. The van der Waals surface area contributed by atoms with Gasteiger partial charge >= 0.3 is 0 Å². The molecule has 112 valence electrons. The van der Waals surface area contributed by atoms with E-state index in [9.17, 15) is 15.0 Å². The molecule has 20 heavy (non-hydrogen) atoms. The molecule has 3 atom stereocenters. The maximum atomic E-state index is 12.5. The van der Waals surface area contributed by atoms with Gasteiger partial charge in [-0.1, -0.05) is 31.6 Å². The molecular formula is C16H24O4. The average Bonchev–Trinajstić information content (AvgIpc) is 2.41. The minimum atomic E-state index is -1.39. The predicted molar refractivity (Wildman–Crippen MR) is 76.2 cm³/mol. The van der Waals surface area contributed by atoms with Crippen LogP contribution in [0.4, 0.5) is 0 Å². The third-order valence-corrected chi connectivity index (χ3v) is 4.84. The van der Waals surface area contributed by atoms with E-state index in [1.807, 2.05) is 32.9 Å². The number of Topliss-reactive ketones (excluding diaryl/α,β-unsaturated/α-hetero) is 1. The summed E-state index contributed by atoms with van der Waals surface area (Å²) in [6.45, 7) is 5.51. The van der Waals surface area contributed by atoms with Gasteiger partial charge in [0, 0.05) is 24.9 Å². The molecule has 0 aromatic heterocycles. The summed E-state index contributed by atoms with van der Waals surface area (Å²) in [5, 5.41) is 20.6. The molecule has 4 heteroatoms. The van der Waals surface area contributed by atoms with E-state index < -0.39 is 11.0 Å². The number of methoxy groups -OCH3 is 1. The Kier molecular flexibility index (Phi) is 3.93.